The van der Waals surface area contributed by atoms with Gasteiger partial charge in [-0.05, 0) is 56.9 Å². The average Bonchev–Trinajstić information content (AvgIpc) is 3.17. The van der Waals surface area contributed by atoms with Crippen molar-refractivity contribution in [3.8, 4) is 0 Å². The van der Waals surface area contributed by atoms with Crippen molar-refractivity contribution in [1.29, 1.82) is 0 Å². The third kappa shape index (κ3) is 3.53. The van der Waals surface area contributed by atoms with E-state index in [1.165, 1.54) is 17.4 Å². The number of nitrogens with one attached hydrogen (secondary N) is 1. The summed E-state index contributed by atoms with van der Waals surface area (Å²) >= 11 is 1.53. The minimum atomic E-state index is -0.272. The van der Waals surface area contributed by atoms with Crippen LogP contribution in [0.3, 0.4) is 0 Å². The second kappa shape index (κ2) is 7.26. The standard InChI is InChI=1S/C19H21FN4O2S/c1-3-26-18(25)10-24-16-6-4-12(20)8-14(16)15-9-13(5-7-17(15)24)21-19-23-22-11(2)27-19/h4,6,8,13H,3,5,7,9-10H2,1-2H3,(H,21,23). The van der Waals surface area contributed by atoms with E-state index in [2.05, 4.69) is 15.5 Å². The fourth-order valence-electron chi connectivity index (χ4n) is 3.79. The molecule has 3 aromatic rings. The molecule has 142 valence electrons. The third-order valence-corrected chi connectivity index (χ3v) is 5.64. The van der Waals surface area contributed by atoms with Crippen LogP contribution in [0.1, 0.15) is 29.6 Å². The predicted octanol–water partition coefficient (Wildman–Crippen LogP) is 3.47. The maximum atomic E-state index is 13.9. The molecule has 8 heteroatoms. The summed E-state index contributed by atoms with van der Waals surface area (Å²) in [5.41, 5.74) is 3.07. The number of hydrogen-bond donors (Lipinski definition) is 1. The number of carbonyl (C=O) groups excluding carboxylic acids is 1. The van der Waals surface area contributed by atoms with Crippen LogP contribution in [0.4, 0.5) is 9.52 Å². The number of hydrogen-bond acceptors (Lipinski definition) is 6. The van der Waals surface area contributed by atoms with Gasteiger partial charge < -0.3 is 14.6 Å². The van der Waals surface area contributed by atoms with Gasteiger partial charge in [-0.3, -0.25) is 4.79 Å². The molecule has 1 aromatic carbocycles. The number of aryl methyl sites for hydroxylation is 1. The quantitative estimate of drug-likeness (QED) is 0.678. The van der Waals surface area contributed by atoms with Crippen LogP contribution >= 0.6 is 11.3 Å². The van der Waals surface area contributed by atoms with Gasteiger partial charge in [-0.2, -0.15) is 0 Å². The molecular weight excluding hydrogens is 367 g/mol. The SMILES string of the molecule is CCOC(=O)Cn1c2c(c3cc(F)ccc31)CC(Nc1nnc(C)s1)CC2. The van der Waals surface area contributed by atoms with Crippen LogP contribution in [0.25, 0.3) is 10.9 Å². The van der Waals surface area contributed by atoms with E-state index < -0.39 is 0 Å². The number of rotatable bonds is 5. The van der Waals surface area contributed by atoms with E-state index in [4.69, 9.17) is 4.74 Å². The van der Waals surface area contributed by atoms with Crippen molar-refractivity contribution in [2.75, 3.05) is 11.9 Å². The minimum Gasteiger partial charge on any atom is -0.465 e. The number of anilines is 1. The lowest BCUT2D eigenvalue weighted by molar-refractivity contribution is -0.143. The smallest absolute Gasteiger partial charge is 0.325 e. The van der Waals surface area contributed by atoms with E-state index in [-0.39, 0.29) is 24.4 Å². The highest BCUT2D eigenvalue weighted by molar-refractivity contribution is 7.15. The molecule has 1 N–H and O–H groups in total. The van der Waals surface area contributed by atoms with Crippen LogP contribution in [0, 0.1) is 12.7 Å². The maximum Gasteiger partial charge on any atom is 0.325 e. The molecular formula is C19H21FN4O2S. The highest BCUT2D eigenvalue weighted by atomic mass is 32.1. The van der Waals surface area contributed by atoms with Gasteiger partial charge in [0.2, 0.25) is 5.13 Å². The lowest BCUT2D eigenvalue weighted by atomic mass is 9.91. The summed E-state index contributed by atoms with van der Waals surface area (Å²) in [4.78, 5) is 12.1. The van der Waals surface area contributed by atoms with Gasteiger partial charge in [0.1, 0.15) is 17.4 Å². The molecule has 0 radical (unpaired) electrons. The molecule has 1 aliphatic carbocycles. The van der Waals surface area contributed by atoms with Crippen LogP contribution in [-0.2, 0) is 28.9 Å². The van der Waals surface area contributed by atoms with Gasteiger partial charge in [0.05, 0.1) is 6.61 Å². The summed E-state index contributed by atoms with van der Waals surface area (Å²) in [6, 6.07) is 4.95. The molecule has 1 aliphatic rings. The number of carbonyl (C=O) groups is 1. The summed E-state index contributed by atoms with van der Waals surface area (Å²) in [5, 5.41) is 14.2. The molecule has 0 fully saturated rings. The number of benzene rings is 1. The van der Waals surface area contributed by atoms with Crippen LogP contribution in [0.2, 0.25) is 0 Å². The number of aromatic nitrogens is 3. The molecule has 0 amide bonds. The lowest BCUT2D eigenvalue weighted by Crippen LogP contribution is -2.28. The summed E-state index contributed by atoms with van der Waals surface area (Å²) < 4.78 is 21.0. The monoisotopic (exact) mass is 388 g/mol. The van der Waals surface area contributed by atoms with E-state index in [0.29, 0.717) is 6.61 Å². The molecule has 0 aliphatic heterocycles. The first-order valence-electron chi connectivity index (χ1n) is 9.07. The van der Waals surface area contributed by atoms with Crippen LogP contribution in [0.5, 0.6) is 0 Å². The first-order valence-corrected chi connectivity index (χ1v) is 9.88. The third-order valence-electron chi connectivity index (χ3n) is 4.87. The topological polar surface area (TPSA) is 69.0 Å². The first kappa shape index (κ1) is 17.9. The van der Waals surface area contributed by atoms with Crippen molar-refractivity contribution >= 4 is 33.3 Å². The molecule has 27 heavy (non-hydrogen) atoms. The fourth-order valence-corrected chi connectivity index (χ4v) is 4.46. The van der Waals surface area contributed by atoms with Crippen molar-refractivity contribution in [3.05, 3.63) is 40.3 Å². The van der Waals surface area contributed by atoms with Crippen LogP contribution in [0.15, 0.2) is 18.2 Å². The Balaban J connectivity index is 1.68. The Hall–Kier alpha value is -2.48. The molecule has 1 atom stereocenters. The Bertz CT molecular complexity index is 997. The van der Waals surface area contributed by atoms with Gasteiger partial charge in [0.15, 0.2) is 0 Å². The average molecular weight is 388 g/mol. The first-order chi connectivity index (χ1) is 13.0. The molecule has 4 rings (SSSR count). The largest absolute Gasteiger partial charge is 0.465 e. The zero-order chi connectivity index (χ0) is 19.0. The normalized spacial score (nSPS) is 16.3. The Morgan fingerprint density at radius 3 is 3.04 bits per heavy atom. The molecule has 2 heterocycles. The second-order valence-electron chi connectivity index (χ2n) is 6.69. The molecule has 0 spiro atoms. The van der Waals surface area contributed by atoms with Crippen molar-refractivity contribution in [2.45, 2.75) is 45.7 Å². The zero-order valence-corrected chi connectivity index (χ0v) is 16.1. The molecule has 2 aromatic heterocycles. The van der Waals surface area contributed by atoms with Gasteiger partial charge in [-0.15, -0.1) is 10.2 Å². The Morgan fingerprint density at radius 2 is 2.30 bits per heavy atom. The summed E-state index contributed by atoms with van der Waals surface area (Å²) in [6.45, 7) is 4.22. The molecule has 6 nitrogen and oxygen atoms in total. The van der Waals surface area contributed by atoms with Crippen LogP contribution in [-0.4, -0.2) is 33.4 Å². The van der Waals surface area contributed by atoms with Crippen molar-refractivity contribution in [2.24, 2.45) is 0 Å². The number of fused-ring (bicyclic) bond motifs is 3. The summed E-state index contributed by atoms with van der Waals surface area (Å²) in [6.07, 6.45) is 2.47. The second-order valence-corrected chi connectivity index (χ2v) is 7.87. The van der Waals surface area contributed by atoms with Crippen molar-refractivity contribution < 1.29 is 13.9 Å². The van der Waals surface area contributed by atoms with Gasteiger partial charge in [0.25, 0.3) is 0 Å². The van der Waals surface area contributed by atoms with Gasteiger partial charge >= 0.3 is 5.97 Å². The molecule has 1 unspecified atom stereocenters. The number of halogens is 1. The summed E-state index contributed by atoms with van der Waals surface area (Å²) in [7, 11) is 0. The lowest BCUT2D eigenvalue weighted by Gasteiger charge is -2.24. The number of esters is 1. The number of ether oxygens (including phenoxy) is 1. The van der Waals surface area contributed by atoms with Crippen molar-refractivity contribution in [3.63, 3.8) is 0 Å². The highest BCUT2D eigenvalue weighted by Gasteiger charge is 2.27. The fraction of sp³-hybridized carbons (Fsp3) is 0.421. The van der Waals surface area contributed by atoms with Crippen LogP contribution < -0.4 is 5.32 Å². The van der Waals surface area contributed by atoms with Gasteiger partial charge in [-0.25, -0.2) is 4.39 Å². The Morgan fingerprint density at radius 1 is 1.44 bits per heavy atom. The predicted molar refractivity (Wildman–Crippen MR) is 103 cm³/mol. The number of nitrogens with zero attached hydrogens (tertiary/aromatic N) is 3. The highest BCUT2D eigenvalue weighted by Crippen LogP contribution is 2.34. The van der Waals surface area contributed by atoms with Crippen molar-refractivity contribution in [1.82, 2.24) is 14.8 Å². The van der Waals surface area contributed by atoms with Gasteiger partial charge in [0, 0.05) is 22.6 Å². The Labute approximate surface area is 160 Å². The van der Waals surface area contributed by atoms with E-state index in [0.717, 1.165) is 51.6 Å². The van der Waals surface area contributed by atoms with Gasteiger partial charge in [-0.1, -0.05) is 11.3 Å². The maximum absolute atomic E-state index is 13.9. The molecule has 0 saturated heterocycles. The minimum absolute atomic E-state index is 0.152. The van der Waals surface area contributed by atoms with E-state index >= 15 is 0 Å². The van der Waals surface area contributed by atoms with E-state index in [9.17, 15) is 9.18 Å². The molecule has 0 saturated carbocycles. The summed E-state index contributed by atoms with van der Waals surface area (Å²) in [5.74, 6) is -0.542. The molecule has 0 bridgehead atoms. The van der Waals surface area contributed by atoms with E-state index in [1.807, 2.05) is 11.5 Å². The Kier molecular flexibility index (Phi) is 4.82. The van der Waals surface area contributed by atoms with E-state index in [1.54, 1.807) is 19.1 Å². The zero-order valence-electron chi connectivity index (χ0n) is 15.3.